The maximum atomic E-state index is 9.85. The summed E-state index contributed by atoms with van der Waals surface area (Å²) in [5.41, 5.74) is 0.681. The Morgan fingerprint density at radius 1 is 0.875 bits per heavy atom. The molecular weight excluding hydrogens is 327 g/mol. The van der Waals surface area contributed by atoms with Crippen molar-refractivity contribution in [3.63, 3.8) is 0 Å². The van der Waals surface area contributed by atoms with Crippen molar-refractivity contribution in [3.8, 4) is 0 Å². The Morgan fingerprint density at radius 2 is 1.38 bits per heavy atom. The Kier molecular flexibility index (Phi) is 5.19. The maximum absolute atomic E-state index is 9.85. The molecule has 6 heteroatoms. The zero-order chi connectivity index (χ0) is 12.3. The van der Waals surface area contributed by atoms with Gasteiger partial charge in [0.25, 0.3) is 0 Å². The minimum atomic E-state index is -0.616. The van der Waals surface area contributed by atoms with E-state index in [1.54, 1.807) is 0 Å². The summed E-state index contributed by atoms with van der Waals surface area (Å²) < 4.78 is 0.670. The van der Waals surface area contributed by atoms with Crippen LogP contribution >= 0.6 is 22.6 Å². The monoisotopic (exact) mass is 342 g/mol. The van der Waals surface area contributed by atoms with E-state index in [0.717, 1.165) is 0 Å². The molecule has 5 N–H and O–H groups in total. The lowest BCUT2D eigenvalue weighted by molar-refractivity contribution is 0.124. The van der Waals surface area contributed by atoms with Gasteiger partial charge in [-0.3, -0.25) is 0 Å². The number of aliphatic hydroxyl groups excluding tert-OH is 5. The summed E-state index contributed by atoms with van der Waals surface area (Å²) in [7, 11) is 0. The highest BCUT2D eigenvalue weighted by Crippen LogP contribution is 2.40. The highest BCUT2D eigenvalue weighted by atomic mass is 127. The normalized spacial score (nSPS) is 26.6. The summed E-state index contributed by atoms with van der Waals surface area (Å²) in [6.07, 6.45) is 0. The van der Waals surface area contributed by atoms with E-state index in [9.17, 15) is 20.4 Å². The fourth-order valence-electron chi connectivity index (χ4n) is 1.88. The molecule has 0 bridgehead atoms. The first-order valence-corrected chi connectivity index (χ1v) is 5.94. The zero-order valence-electron chi connectivity index (χ0n) is 8.60. The van der Waals surface area contributed by atoms with Crippen LogP contribution in [0.2, 0.25) is 0 Å². The van der Waals surface area contributed by atoms with Gasteiger partial charge >= 0.3 is 0 Å². The third-order valence-electron chi connectivity index (χ3n) is 2.83. The summed E-state index contributed by atoms with van der Waals surface area (Å²) in [4.78, 5) is 0. The first kappa shape index (κ1) is 13.9. The van der Waals surface area contributed by atoms with Gasteiger partial charge in [-0.2, -0.15) is 0 Å². The lowest BCUT2D eigenvalue weighted by Crippen LogP contribution is -2.31. The van der Waals surface area contributed by atoms with Crippen molar-refractivity contribution in [2.75, 3.05) is 26.4 Å². The van der Waals surface area contributed by atoms with Gasteiger partial charge in [0.1, 0.15) is 5.76 Å². The number of hydrogen-bond acceptors (Lipinski definition) is 5. The van der Waals surface area contributed by atoms with Gasteiger partial charge in [0.15, 0.2) is 0 Å². The van der Waals surface area contributed by atoms with Gasteiger partial charge in [0, 0.05) is 21.0 Å². The van der Waals surface area contributed by atoms with Crippen LogP contribution in [-0.2, 0) is 0 Å². The molecule has 1 aliphatic carbocycles. The van der Waals surface area contributed by atoms with Crippen LogP contribution in [-0.4, -0.2) is 52.0 Å². The first-order valence-electron chi connectivity index (χ1n) is 4.86. The van der Waals surface area contributed by atoms with Crippen molar-refractivity contribution < 1.29 is 25.5 Å². The van der Waals surface area contributed by atoms with E-state index in [4.69, 9.17) is 5.11 Å². The number of aliphatic hydroxyl groups is 5. The van der Waals surface area contributed by atoms with E-state index in [1.165, 1.54) is 0 Å². The Bertz CT molecular complexity index is 291. The third-order valence-corrected chi connectivity index (χ3v) is 4.28. The second-order valence-electron chi connectivity index (χ2n) is 3.58. The molecule has 0 heterocycles. The van der Waals surface area contributed by atoms with E-state index in [1.807, 2.05) is 22.6 Å². The van der Waals surface area contributed by atoms with Crippen LogP contribution in [0.25, 0.3) is 0 Å². The molecule has 0 aromatic rings. The van der Waals surface area contributed by atoms with Crippen LogP contribution in [0.1, 0.15) is 0 Å². The van der Waals surface area contributed by atoms with Gasteiger partial charge in [-0.1, -0.05) is 0 Å². The van der Waals surface area contributed by atoms with Crippen molar-refractivity contribution in [3.05, 3.63) is 20.5 Å². The van der Waals surface area contributed by atoms with Crippen LogP contribution in [0, 0.1) is 11.8 Å². The molecule has 0 radical (unpaired) electrons. The van der Waals surface area contributed by atoms with E-state index < -0.39 is 18.4 Å². The molecule has 0 aromatic carbocycles. The second kappa shape index (κ2) is 5.97. The Balaban J connectivity index is 3.25. The lowest BCUT2D eigenvalue weighted by Gasteiger charge is -2.31. The molecule has 16 heavy (non-hydrogen) atoms. The highest BCUT2D eigenvalue weighted by molar-refractivity contribution is 14.1. The number of halogens is 1. The summed E-state index contributed by atoms with van der Waals surface area (Å²) in [6.45, 7) is -1.25. The van der Waals surface area contributed by atoms with E-state index in [2.05, 4.69) is 0 Å². The Labute approximate surface area is 107 Å². The van der Waals surface area contributed by atoms with Crippen LogP contribution in [0.5, 0.6) is 0 Å². The average Bonchev–Trinajstić information content (AvgIpc) is 2.30. The Morgan fingerprint density at radius 3 is 1.75 bits per heavy atom. The van der Waals surface area contributed by atoms with E-state index in [-0.39, 0.29) is 31.2 Å². The molecule has 5 nitrogen and oxygen atoms in total. The van der Waals surface area contributed by atoms with E-state index in [0.29, 0.717) is 9.15 Å². The van der Waals surface area contributed by atoms with Crippen molar-refractivity contribution in [1.82, 2.24) is 0 Å². The van der Waals surface area contributed by atoms with Crippen molar-refractivity contribution >= 4 is 22.6 Å². The molecule has 0 amide bonds. The fourth-order valence-corrected chi connectivity index (χ4v) is 3.01. The van der Waals surface area contributed by atoms with Crippen LogP contribution in [0.3, 0.4) is 0 Å². The molecule has 1 aliphatic rings. The predicted molar refractivity (Wildman–Crippen MR) is 66.0 cm³/mol. The molecule has 1 rings (SSSR count). The molecule has 0 saturated carbocycles. The summed E-state index contributed by atoms with van der Waals surface area (Å²) >= 11 is 1.96. The minimum Gasteiger partial charge on any atom is -0.512 e. The molecular formula is C10H15IO5. The lowest BCUT2D eigenvalue weighted by atomic mass is 9.81. The van der Waals surface area contributed by atoms with Gasteiger partial charge in [-0.15, -0.1) is 0 Å². The minimum absolute atomic E-state index is 0.145. The van der Waals surface area contributed by atoms with Gasteiger partial charge in [-0.05, 0) is 28.2 Å². The first-order chi connectivity index (χ1) is 7.62. The molecule has 92 valence electrons. The average molecular weight is 342 g/mol. The van der Waals surface area contributed by atoms with Gasteiger partial charge in [-0.25, -0.2) is 0 Å². The Hall–Kier alpha value is -0.150. The molecule has 0 aromatic heterocycles. The van der Waals surface area contributed by atoms with Crippen LogP contribution < -0.4 is 0 Å². The topological polar surface area (TPSA) is 101 Å². The van der Waals surface area contributed by atoms with Crippen LogP contribution in [0.4, 0.5) is 0 Å². The molecule has 1 unspecified atom stereocenters. The number of hydrogen-bond donors (Lipinski definition) is 5. The van der Waals surface area contributed by atoms with Crippen molar-refractivity contribution in [2.45, 2.75) is 0 Å². The summed E-state index contributed by atoms with van der Waals surface area (Å²) in [6, 6.07) is 0. The van der Waals surface area contributed by atoms with Crippen molar-refractivity contribution in [1.29, 1.82) is 0 Å². The molecule has 0 spiro atoms. The van der Waals surface area contributed by atoms with Crippen molar-refractivity contribution in [2.24, 2.45) is 11.8 Å². The van der Waals surface area contributed by atoms with Gasteiger partial charge in [0.2, 0.25) is 0 Å². The zero-order valence-corrected chi connectivity index (χ0v) is 10.8. The fraction of sp³-hybridized carbons (Fsp3) is 0.600. The molecule has 2 atom stereocenters. The van der Waals surface area contributed by atoms with Crippen LogP contribution in [0.15, 0.2) is 20.5 Å². The smallest absolute Gasteiger partial charge is 0.104 e. The quantitative estimate of drug-likeness (QED) is 0.452. The maximum Gasteiger partial charge on any atom is 0.104 e. The molecule has 0 fully saturated rings. The standard InChI is InChI=1S/C10H15IO5/c11-9-5(1-12)7(3-14)10(16)8(4-15)6(9)2-13/h5,7,12-16H,1-4H2/t5?,7-/m1/s1. The SMILES string of the molecule is OCC1=C(I)C(CO)[C@@H](CO)C(O)=C1CO. The predicted octanol–water partition coefficient (Wildman–Crippen LogP) is -0.297. The largest absolute Gasteiger partial charge is 0.512 e. The van der Waals surface area contributed by atoms with Gasteiger partial charge in [0.05, 0.1) is 26.4 Å². The number of rotatable bonds is 4. The third kappa shape index (κ3) is 2.25. The van der Waals surface area contributed by atoms with Gasteiger partial charge < -0.3 is 25.5 Å². The summed E-state index contributed by atoms with van der Waals surface area (Å²) in [5.74, 6) is -1.19. The summed E-state index contributed by atoms with van der Waals surface area (Å²) in [5, 5.41) is 46.6. The van der Waals surface area contributed by atoms with E-state index >= 15 is 0 Å². The molecule has 0 aliphatic heterocycles. The highest BCUT2D eigenvalue weighted by Gasteiger charge is 2.35. The second-order valence-corrected chi connectivity index (χ2v) is 4.75. The molecule has 0 saturated heterocycles.